The Morgan fingerprint density at radius 3 is 2.79 bits per heavy atom. The van der Waals surface area contributed by atoms with Crippen LogP contribution >= 0.6 is 0 Å². The Hall–Kier alpha value is -2.27. The quantitative estimate of drug-likeness (QED) is 0.511. The molecule has 0 unspecified atom stereocenters. The van der Waals surface area contributed by atoms with Crippen molar-refractivity contribution < 1.29 is 22.9 Å². The molecule has 0 saturated carbocycles. The highest BCUT2D eigenvalue weighted by Crippen LogP contribution is 2.15. The molecule has 19 heavy (non-hydrogen) atoms. The van der Waals surface area contributed by atoms with E-state index in [0.29, 0.717) is 11.2 Å². The van der Waals surface area contributed by atoms with Crippen molar-refractivity contribution >= 4 is 33.1 Å². The van der Waals surface area contributed by atoms with Gasteiger partial charge in [0.25, 0.3) is 10.1 Å². The number of H-pyrrole nitrogens is 1. The predicted molar refractivity (Wildman–Crippen MR) is 63.1 cm³/mol. The fourth-order valence-electron chi connectivity index (χ4n) is 1.42. The Morgan fingerprint density at radius 2 is 2.16 bits per heavy atom. The van der Waals surface area contributed by atoms with Crippen molar-refractivity contribution in [1.29, 1.82) is 0 Å². The van der Waals surface area contributed by atoms with Crippen molar-refractivity contribution in [1.82, 2.24) is 19.9 Å². The van der Waals surface area contributed by atoms with Gasteiger partial charge in [-0.1, -0.05) is 0 Å². The molecule has 102 valence electrons. The van der Waals surface area contributed by atoms with Crippen LogP contribution in [-0.4, -0.2) is 55.8 Å². The first kappa shape index (κ1) is 13.2. The minimum atomic E-state index is -4.44. The lowest BCUT2D eigenvalue weighted by atomic mass is 10.3. The molecule has 2 aromatic rings. The number of carbonyl (C=O) groups is 1. The third kappa shape index (κ3) is 3.14. The number of fused-ring (bicyclic) bond motifs is 1. The lowest BCUT2D eigenvalue weighted by Crippen LogP contribution is -2.36. The van der Waals surface area contributed by atoms with Gasteiger partial charge in [-0.2, -0.15) is 8.42 Å². The maximum Gasteiger partial charge on any atom is 0.327 e. The number of imidazole rings is 1. The van der Waals surface area contributed by atoms with E-state index < -0.39 is 27.9 Å². The number of carboxylic acid groups (broad SMARTS) is 1. The Kier molecular flexibility index (Phi) is 3.31. The van der Waals surface area contributed by atoms with E-state index in [2.05, 4.69) is 25.3 Å². The van der Waals surface area contributed by atoms with E-state index in [1.165, 1.54) is 6.33 Å². The van der Waals surface area contributed by atoms with Gasteiger partial charge in [-0.3, -0.25) is 4.55 Å². The molecule has 2 heterocycles. The topological polar surface area (TPSA) is 158 Å². The summed E-state index contributed by atoms with van der Waals surface area (Å²) in [6.45, 7) is 0. The third-order valence-electron chi connectivity index (χ3n) is 2.21. The summed E-state index contributed by atoms with van der Waals surface area (Å²) in [6, 6.07) is -1.55. The van der Waals surface area contributed by atoms with Crippen LogP contribution in [0.4, 0.5) is 5.82 Å². The van der Waals surface area contributed by atoms with Crippen molar-refractivity contribution in [3.05, 3.63) is 12.7 Å². The van der Waals surface area contributed by atoms with Gasteiger partial charge in [0.05, 0.1) is 6.33 Å². The fraction of sp³-hybridized carbons (Fsp3) is 0.250. The number of aromatic amines is 1. The second-order valence-corrected chi connectivity index (χ2v) is 5.10. The maximum absolute atomic E-state index is 10.9. The number of aliphatic carboxylic acids is 1. The summed E-state index contributed by atoms with van der Waals surface area (Å²) < 4.78 is 30.2. The fourth-order valence-corrected chi connectivity index (χ4v) is 2.07. The molecule has 2 rings (SSSR count). The summed E-state index contributed by atoms with van der Waals surface area (Å²) in [5.41, 5.74) is 0.637. The van der Waals surface area contributed by atoms with Gasteiger partial charge in [-0.05, 0) is 0 Å². The van der Waals surface area contributed by atoms with Crippen LogP contribution in [0.15, 0.2) is 12.7 Å². The first-order chi connectivity index (χ1) is 8.87. The van der Waals surface area contributed by atoms with Gasteiger partial charge >= 0.3 is 5.97 Å². The highest BCUT2D eigenvalue weighted by Gasteiger charge is 2.25. The summed E-state index contributed by atoms with van der Waals surface area (Å²) in [6.07, 6.45) is 2.49. The maximum atomic E-state index is 10.9. The molecule has 0 aliphatic carbocycles. The predicted octanol–water partition coefficient (Wildman–Crippen LogP) is -0.894. The van der Waals surface area contributed by atoms with Crippen LogP contribution in [0.3, 0.4) is 0 Å². The zero-order valence-electron chi connectivity index (χ0n) is 9.31. The van der Waals surface area contributed by atoms with Gasteiger partial charge in [0.2, 0.25) is 0 Å². The van der Waals surface area contributed by atoms with E-state index in [4.69, 9.17) is 9.66 Å². The molecule has 0 aliphatic heterocycles. The lowest BCUT2D eigenvalue weighted by molar-refractivity contribution is -0.137. The van der Waals surface area contributed by atoms with Crippen molar-refractivity contribution in [2.75, 3.05) is 11.1 Å². The Morgan fingerprint density at radius 1 is 1.42 bits per heavy atom. The minimum absolute atomic E-state index is 0.0820. The molecule has 11 heteroatoms. The molecule has 0 aliphatic rings. The molecule has 4 N–H and O–H groups in total. The van der Waals surface area contributed by atoms with Crippen LogP contribution in [0, 0.1) is 0 Å². The van der Waals surface area contributed by atoms with Gasteiger partial charge in [-0.15, -0.1) is 0 Å². The number of rotatable bonds is 5. The van der Waals surface area contributed by atoms with Crippen LogP contribution in [0.2, 0.25) is 0 Å². The standard InChI is InChI=1S/C8H9N5O5S/c14-8(15)4(1-19(16,17)18)13-7-5-6(10-2-9-5)11-3-12-7/h2-4H,1H2,(H,14,15)(H,16,17,18)(H2,9,10,11,12,13)/t4-/m0/s1. The first-order valence-corrected chi connectivity index (χ1v) is 6.56. The van der Waals surface area contributed by atoms with Crippen LogP contribution in [0.1, 0.15) is 0 Å². The van der Waals surface area contributed by atoms with Gasteiger partial charge in [0.15, 0.2) is 11.5 Å². The number of anilines is 1. The molecule has 2 aromatic heterocycles. The molecule has 0 saturated heterocycles. The average Bonchev–Trinajstić information content (AvgIpc) is 2.75. The number of carboxylic acids is 1. The summed E-state index contributed by atoms with van der Waals surface area (Å²) in [5.74, 6) is -2.34. The highest BCUT2D eigenvalue weighted by molar-refractivity contribution is 7.85. The van der Waals surface area contributed by atoms with E-state index in [1.54, 1.807) is 0 Å². The number of hydrogen-bond donors (Lipinski definition) is 4. The SMILES string of the molecule is O=C(O)[C@H](CS(=O)(=O)O)Nc1ncnc2nc[nH]c12. The molecule has 0 bridgehead atoms. The molecule has 1 atom stereocenters. The number of nitrogens with one attached hydrogen (secondary N) is 2. The summed E-state index contributed by atoms with van der Waals surface area (Å²) in [4.78, 5) is 25.1. The molecule has 0 amide bonds. The Labute approximate surface area is 106 Å². The van der Waals surface area contributed by atoms with Crippen molar-refractivity contribution in [3.8, 4) is 0 Å². The first-order valence-electron chi connectivity index (χ1n) is 4.95. The molecule has 0 radical (unpaired) electrons. The van der Waals surface area contributed by atoms with Crippen LogP contribution in [0.5, 0.6) is 0 Å². The number of hydrogen-bond acceptors (Lipinski definition) is 7. The highest BCUT2D eigenvalue weighted by atomic mass is 32.2. The summed E-state index contributed by atoms with van der Waals surface area (Å²) in [7, 11) is -4.44. The van der Waals surface area contributed by atoms with E-state index >= 15 is 0 Å². The second kappa shape index (κ2) is 4.78. The molecule has 10 nitrogen and oxygen atoms in total. The molecule has 0 fully saturated rings. The van der Waals surface area contributed by atoms with Gasteiger partial charge in [0, 0.05) is 0 Å². The number of aromatic nitrogens is 4. The van der Waals surface area contributed by atoms with Crippen LogP contribution < -0.4 is 5.32 Å². The van der Waals surface area contributed by atoms with E-state index in [9.17, 15) is 13.2 Å². The van der Waals surface area contributed by atoms with Crippen molar-refractivity contribution in [2.45, 2.75) is 6.04 Å². The smallest absolute Gasteiger partial charge is 0.327 e. The number of nitrogens with zero attached hydrogens (tertiary/aromatic N) is 3. The molecular formula is C8H9N5O5S. The monoisotopic (exact) mass is 287 g/mol. The minimum Gasteiger partial charge on any atom is -0.480 e. The molecular weight excluding hydrogens is 278 g/mol. The van der Waals surface area contributed by atoms with Crippen molar-refractivity contribution in [2.24, 2.45) is 0 Å². The summed E-state index contributed by atoms with van der Waals surface area (Å²) in [5, 5.41) is 11.3. The largest absolute Gasteiger partial charge is 0.480 e. The zero-order valence-corrected chi connectivity index (χ0v) is 10.1. The second-order valence-electron chi connectivity index (χ2n) is 3.61. The van der Waals surface area contributed by atoms with E-state index in [-0.39, 0.29) is 5.82 Å². The normalized spacial score (nSPS) is 13.3. The van der Waals surface area contributed by atoms with Crippen molar-refractivity contribution in [3.63, 3.8) is 0 Å². The summed E-state index contributed by atoms with van der Waals surface area (Å²) >= 11 is 0. The molecule has 0 spiro atoms. The Bertz CT molecular complexity index is 711. The van der Waals surface area contributed by atoms with Crippen LogP contribution in [-0.2, 0) is 14.9 Å². The van der Waals surface area contributed by atoms with Gasteiger partial charge in [-0.25, -0.2) is 19.7 Å². The van der Waals surface area contributed by atoms with Gasteiger partial charge in [0.1, 0.15) is 23.6 Å². The lowest BCUT2D eigenvalue weighted by Gasteiger charge is -2.13. The molecule has 0 aromatic carbocycles. The van der Waals surface area contributed by atoms with E-state index in [0.717, 1.165) is 6.33 Å². The Balaban J connectivity index is 2.31. The van der Waals surface area contributed by atoms with Gasteiger partial charge < -0.3 is 15.4 Å². The third-order valence-corrected chi connectivity index (χ3v) is 2.96. The van der Waals surface area contributed by atoms with Crippen LogP contribution in [0.25, 0.3) is 11.2 Å². The zero-order chi connectivity index (χ0) is 14.0. The van der Waals surface area contributed by atoms with E-state index in [1.807, 2.05) is 0 Å². The average molecular weight is 287 g/mol.